The van der Waals surface area contributed by atoms with E-state index in [1.807, 2.05) is 19.2 Å². The lowest BCUT2D eigenvalue weighted by atomic mass is 10.1. The molecule has 0 bridgehead atoms. The van der Waals surface area contributed by atoms with E-state index < -0.39 is 0 Å². The molecule has 0 saturated heterocycles. The van der Waals surface area contributed by atoms with Crippen molar-refractivity contribution >= 4 is 0 Å². The summed E-state index contributed by atoms with van der Waals surface area (Å²) >= 11 is 0. The van der Waals surface area contributed by atoms with Crippen molar-refractivity contribution in [1.29, 1.82) is 0 Å². The number of ether oxygens (including phenoxy) is 1. The van der Waals surface area contributed by atoms with Crippen molar-refractivity contribution in [1.82, 2.24) is 5.32 Å². The molecule has 1 N–H and O–H groups in total. The summed E-state index contributed by atoms with van der Waals surface area (Å²) in [6, 6.07) is 0. The lowest BCUT2D eigenvalue weighted by Crippen LogP contribution is -2.12. The van der Waals surface area contributed by atoms with E-state index in [1.165, 1.54) is 5.57 Å². The van der Waals surface area contributed by atoms with Crippen molar-refractivity contribution < 1.29 is 4.74 Å². The Kier molecular flexibility index (Phi) is 8.26. The van der Waals surface area contributed by atoms with Crippen LogP contribution in [0.3, 0.4) is 0 Å². The molecule has 2 heteroatoms. The highest BCUT2D eigenvalue weighted by molar-refractivity contribution is 5.39. The van der Waals surface area contributed by atoms with Gasteiger partial charge in [-0.2, -0.15) is 0 Å². The van der Waals surface area contributed by atoms with E-state index in [1.54, 1.807) is 7.11 Å². The maximum atomic E-state index is 4.94. The van der Waals surface area contributed by atoms with Gasteiger partial charge in [0.2, 0.25) is 0 Å². The Morgan fingerprint density at radius 3 is 2.44 bits per heavy atom. The van der Waals surface area contributed by atoms with E-state index in [4.69, 9.17) is 4.74 Å². The van der Waals surface area contributed by atoms with Crippen LogP contribution in [0.25, 0.3) is 0 Å². The minimum absolute atomic E-state index is 0.713. The van der Waals surface area contributed by atoms with E-state index in [-0.39, 0.29) is 0 Å². The topological polar surface area (TPSA) is 21.3 Å². The summed E-state index contributed by atoms with van der Waals surface area (Å²) in [5.41, 5.74) is 3.47. The fourth-order valence-electron chi connectivity index (χ4n) is 0.990. The van der Waals surface area contributed by atoms with Crippen LogP contribution in [0.4, 0.5) is 0 Å². The highest BCUT2D eigenvalue weighted by atomic mass is 16.5. The van der Waals surface area contributed by atoms with Crippen LogP contribution >= 0.6 is 0 Å². The van der Waals surface area contributed by atoms with Crippen LogP contribution in [0.1, 0.15) is 20.8 Å². The monoisotopic (exact) mass is 221 g/mol. The lowest BCUT2D eigenvalue weighted by molar-refractivity contribution is 0.203. The lowest BCUT2D eigenvalue weighted by Gasteiger charge is -2.01. The first-order valence-corrected chi connectivity index (χ1v) is 5.48. The molecule has 0 aliphatic heterocycles. The van der Waals surface area contributed by atoms with Crippen LogP contribution in [0.2, 0.25) is 0 Å². The summed E-state index contributed by atoms with van der Waals surface area (Å²) in [6.07, 6.45) is 8.12. The fraction of sp³-hybridized carbons (Fsp3) is 0.429. The smallest absolute Gasteiger partial charge is 0.0635 e. The molecule has 0 spiro atoms. The van der Waals surface area contributed by atoms with Crippen molar-refractivity contribution in [3.05, 3.63) is 47.7 Å². The molecule has 0 heterocycles. The van der Waals surface area contributed by atoms with Crippen molar-refractivity contribution in [3.63, 3.8) is 0 Å². The van der Waals surface area contributed by atoms with E-state index in [0.717, 1.165) is 17.7 Å². The first kappa shape index (κ1) is 14.7. The Labute approximate surface area is 99.4 Å². The molecular formula is C14H23NO. The number of methoxy groups -OCH3 is 1. The average molecular weight is 221 g/mol. The zero-order valence-corrected chi connectivity index (χ0v) is 10.8. The molecule has 0 fully saturated rings. The molecule has 0 radical (unpaired) electrons. The SMILES string of the molecule is C=C(C)C(/C=C\NCCOC)=C\C=C(C)C. The number of allylic oxidation sites excluding steroid dienone is 6. The molecule has 90 valence electrons. The molecule has 2 nitrogen and oxygen atoms in total. The second-order valence-electron chi connectivity index (χ2n) is 3.93. The molecule has 0 aliphatic rings. The van der Waals surface area contributed by atoms with Gasteiger partial charge in [-0.15, -0.1) is 0 Å². The van der Waals surface area contributed by atoms with Gasteiger partial charge in [-0.3, -0.25) is 0 Å². The predicted octanol–water partition coefficient (Wildman–Crippen LogP) is 3.20. The molecule has 0 aromatic rings. The van der Waals surface area contributed by atoms with Crippen molar-refractivity contribution in [3.8, 4) is 0 Å². The molecule has 0 rings (SSSR count). The largest absolute Gasteiger partial charge is 0.389 e. The summed E-state index contributed by atoms with van der Waals surface area (Å²) in [7, 11) is 1.69. The second-order valence-corrected chi connectivity index (χ2v) is 3.93. The van der Waals surface area contributed by atoms with Gasteiger partial charge in [0.1, 0.15) is 0 Å². The van der Waals surface area contributed by atoms with E-state index in [2.05, 4.69) is 37.9 Å². The van der Waals surface area contributed by atoms with Gasteiger partial charge in [-0.05, 0) is 38.6 Å². The standard InChI is InChI=1S/C14H23NO/c1-12(2)6-7-14(13(3)4)8-9-15-10-11-16-5/h6-9,15H,3,10-11H2,1-2,4-5H3/b9-8-,14-7-. The number of nitrogens with one attached hydrogen (secondary N) is 1. The van der Waals surface area contributed by atoms with Gasteiger partial charge in [0.05, 0.1) is 6.61 Å². The van der Waals surface area contributed by atoms with Gasteiger partial charge < -0.3 is 10.1 Å². The van der Waals surface area contributed by atoms with E-state index >= 15 is 0 Å². The zero-order chi connectivity index (χ0) is 12.4. The van der Waals surface area contributed by atoms with E-state index in [9.17, 15) is 0 Å². The maximum Gasteiger partial charge on any atom is 0.0635 e. The molecule has 16 heavy (non-hydrogen) atoms. The summed E-state index contributed by atoms with van der Waals surface area (Å²) in [5.74, 6) is 0. The molecule has 0 aromatic heterocycles. The van der Waals surface area contributed by atoms with Gasteiger partial charge in [-0.25, -0.2) is 0 Å². The highest BCUT2D eigenvalue weighted by Crippen LogP contribution is 2.09. The van der Waals surface area contributed by atoms with Crippen LogP contribution in [0.15, 0.2) is 47.7 Å². The third-order valence-electron chi connectivity index (χ3n) is 1.92. The third-order valence-corrected chi connectivity index (χ3v) is 1.92. The minimum Gasteiger partial charge on any atom is -0.389 e. The molecule has 0 aromatic carbocycles. The normalized spacial score (nSPS) is 11.6. The average Bonchev–Trinajstić information content (AvgIpc) is 2.21. The maximum absolute atomic E-state index is 4.94. The molecule has 0 aliphatic carbocycles. The molecule has 0 saturated carbocycles. The van der Waals surface area contributed by atoms with Crippen LogP contribution in [-0.2, 0) is 4.74 Å². The Morgan fingerprint density at radius 2 is 1.94 bits per heavy atom. The molecule has 0 unspecified atom stereocenters. The zero-order valence-electron chi connectivity index (χ0n) is 10.8. The first-order chi connectivity index (χ1) is 7.57. The van der Waals surface area contributed by atoms with E-state index in [0.29, 0.717) is 6.61 Å². The minimum atomic E-state index is 0.713. The van der Waals surface area contributed by atoms with Crippen molar-refractivity contribution in [2.75, 3.05) is 20.3 Å². The van der Waals surface area contributed by atoms with Gasteiger partial charge >= 0.3 is 0 Å². The van der Waals surface area contributed by atoms with Gasteiger partial charge in [0.25, 0.3) is 0 Å². The third kappa shape index (κ3) is 8.06. The van der Waals surface area contributed by atoms with Crippen LogP contribution in [0, 0.1) is 0 Å². The van der Waals surface area contributed by atoms with Crippen molar-refractivity contribution in [2.24, 2.45) is 0 Å². The van der Waals surface area contributed by atoms with Crippen LogP contribution in [0.5, 0.6) is 0 Å². The van der Waals surface area contributed by atoms with Gasteiger partial charge in [0, 0.05) is 13.7 Å². The highest BCUT2D eigenvalue weighted by Gasteiger charge is 1.90. The summed E-state index contributed by atoms with van der Waals surface area (Å²) in [5, 5.41) is 3.15. The number of hydrogen-bond donors (Lipinski definition) is 1. The molecular weight excluding hydrogens is 198 g/mol. The fourth-order valence-corrected chi connectivity index (χ4v) is 0.990. The van der Waals surface area contributed by atoms with Gasteiger partial charge in [0.15, 0.2) is 0 Å². The Morgan fingerprint density at radius 1 is 1.25 bits per heavy atom. The molecule has 0 amide bonds. The summed E-state index contributed by atoms with van der Waals surface area (Å²) < 4.78 is 4.94. The Bertz CT molecular complexity index is 294. The second kappa shape index (κ2) is 8.98. The van der Waals surface area contributed by atoms with Crippen LogP contribution < -0.4 is 5.32 Å². The Balaban J connectivity index is 4.29. The predicted molar refractivity (Wildman–Crippen MR) is 71.3 cm³/mol. The molecule has 0 atom stereocenters. The van der Waals surface area contributed by atoms with Crippen molar-refractivity contribution in [2.45, 2.75) is 20.8 Å². The van der Waals surface area contributed by atoms with Gasteiger partial charge in [-0.1, -0.05) is 29.9 Å². The van der Waals surface area contributed by atoms with Crippen LogP contribution in [-0.4, -0.2) is 20.3 Å². The summed E-state index contributed by atoms with van der Waals surface area (Å²) in [4.78, 5) is 0. The summed E-state index contributed by atoms with van der Waals surface area (Å²) in [6.45, 7) is 11.6. The number of rotatable bonds is 7. The Hall–Kier alpha value is -1.28. The quantitative estimate of drug-likeness (QED) is 0.526. The first-order valence-electron chi connectivity index (χ1n) is 5.48. The number of hydrogen-bond acceptors (Lipinski definition) is 2.